The standard InChI is InChI=1S/C26H44O6/c1-3-17-29-21-9-5-7-11-23(21)31-25(27)19-13-15-20(16-14-19)26(28)32-24-12-8-6-10-22(24)30-18-4-2/h19-24H,3-18H2,1-2H3. The molecule has 0 bridgehead atoms. The Morgan fingerprint density at radius 1 is 0.562 bits per heavy atom. The van der Waals surface area contributed by atoms with E-state index in [0.717, 1.165) is 77.4 Å². The van der Waals surface area contributed by atoms with Gasteiger partial charge in [-0.25, -0.2) is 0 Å². The third kappa shape index (κ3) is 7.44. The van der Waals surface area contributed by atoms with E-state index in [-0.39, 0.29) is 48.2 Å². The second-order valence-corrected chi connectivity index (χ2v) is 9.89. The molecule has 3 aliphatic rings. The van der Waals surface area contributed by atoms with Crippen molar-refractivity contribution in [1.29, 1.82) is 0 Å². The number of carbonyl (C=O) groups is 2. The van der Waals surface area contributed by atoms with Crippen LogP contribution < -0.4 is 0 Å². The van der Waals surface area contributed by atoms with Crippen molar-refractivity contribution in [3.8, 4) is 0 Å². The Morgan fingerprint density at radius 2 is 0.906 bits per heavy atom. The lowest BCUT2D eigenvalue weighted by molar-refractivity contribution is -0.172. The first kappa shape index (κ1) is 25.5. The highest BCUT2D eigenvalue weighted by Gasteiger charge is 2.37. The minimum Gasteiger partial charge on any atom is -0.459 e. The minimum atomic E-state index is -0.114. The number of ether oxygens (including phenoxy) is 4. The third-order valence-corrected chi connectivity index (χ3v) is 7.28. The van der Waals surface area contributed by atoms with Gasteiger partial charge in [0.1, 0.15) is 12.2 Å². The van der Waals surface area contributed by atoms with Crippen molar-refractivity contribution < 1.29 is 28.5 Å². The highest BCUT2D eigenvalue weighted by atomic mass is 16.6. The van der Waals surface area contributed by atoms with Crippen molar-refractivity contribution in [1.82, 2.24) is 0 Å². The normalized spacial score (nSPS) is 33.4. The van der Waals surface area contributed by atoms with Gasteiger partial charge < -0.3 is 18.9 Å². The summed E-state index contributed by atoms with van der Waals surface area (Å²) in [5, 5.41) is 0. The number of esters is 2. The molecular formula is C26H44O6. The maximum absolute atomic E-state index is 12.8. The number of rotatable bonds is 10. The van der Waals surface area contributed by atoms with E-state index >= 15 is 0 Å². The van der Waals surface area contributed by atoms with Crippen LogP contribution in [0.1, 0.15) is 104 Å². The molecule has 0 spiro atoms. The lowest BCUT2D eigenvalue weighted by Gasteiger charge is -2.34. The first-order valence-electron chi connectivity index (χ1n) is 13.3. The van der Waals surface area contributed by atoms with Gasteiger partial charge in [0.05, 0.1) is 24.0 Å². The number of carbonyl (C=O) groups excluding carboxylic acids is 2. The van der Waals surface area contributed by atoms with E-state index in [0.29, 0.717) is 25.7 Å². The van der Waals surface area contributed by atoms with Gasteiger partial charge in [-0.3, -0.25) is 9.59 Å². The van der Waals surface area contributed by atoms with Crippen molar-refractivity contribution >= 4 is 11.9 Å². The van der Waals surface area contributed by atoms with Crippen LogP contribution in [-0.4, -0.2) is 49.6 Å². The monoisotopic (exact) mass is 452 g/mol. The molecule has 4 atom stereocenters. The second kappa shape index (κ2) is 13.5. The highest BCUT2D eigenvalue weighted by Crippen LogP contribution is 2.34. The largest absolute Gasteiger partial charge is 0.459 e. The molecule has 3 aliphatic carbocycles. The molecule has 6 heteroatoms. The Kier molecular flexibility index (Phi) is 10.8. The molecule has 32 heavy (non-hydrogen) atoms. The molecule has 0 aromatic rings. The Hall–Kier alpha value is -1.14. The molecule has 4 unspecified atom stereocenters. The van der Waals surface area contributed by atoms with Crippen molar-refractivity contribution in [2.45, 2.75) is 128 Å². The molecule has 3 saturated carbocycles. The SMILES string of the molecule is CCCOC1CCCCC1OC(=O)C1CCC(C(=O)OC2CCCCC2OCCC)CC1. The van der Waals surface area contributed by atoms with Crippen LogP contribution in [0.4, 0.5) is 0 Å². The van der Waals surface area contributed by atoms with Crippen LogP contribution in [0.25, 0.3) is 0 Å². The average Bonchev–Trinajstić information content (AvgIpc) is 2.83. The van der Waals surface area contributed by atoms with E-state index in [2.05, 4.69) is 13.8 Å². The van der Waals surface area contributed by atoms with Crippen LogP contribution in [0.5, 0.6) is 0 Å². The summed E-state index contributed by atoms with van der Waals surface area (Å²) in [6.45, 7) is 5.63. The molecular weight excluding hydrogens is 408 g/mol. The van der Waals surface area contributed by atoms with Gasteiger partial charge in [-0.1, -0.05) is 26.7 Å². The minimum absolute atomic E-state index is 0.0392. The summed E-state index contributed by atoms with van der Waals surface area (Å²) in [7, 11) is 0. The average molecular weight is 453 g/mol. The summed E-state index contributed by atoms with van der Waals surface area (Å²) in [5.74, 6) is -0.422. The van der Waals surface area contributed by atoms with E-state index in [1.54, 1.807) is 0 Å². The molecule has 3 rings (SSSR count). The van der Waals surface area contributed by atoms with Crippen molar-refractivity contribution in [2.75, 3.05) is 13.2 Å². The quantitative estimate of drug-likeness (QED) is 0.416. The molecule has 184 valence electrons. The van der Waals surface area contributed by atoms with Crippen molar-refractivity contribution in [3.05, 3.63) is 0 Å². The predicted octanol–water partition coefficient (Wildman–Crippen LogP) is 5.35. The van der Waals surface area contributed by atoms with E-state index in [9.17, 15) is 9.59 Å². The Morgan fingerprint density at radius 3 is 1.25 bits per heavy atom. The molecule has 0 heterocycles. The summed E-state index contributed by atoms with van der Waals surface area (Å²) in [5.41, 5.74) is 0. The third-order valence-electron chi connectivity index (χ3n) is 7.28. The van der Waals surface area contributed by atoms with Crippen molar-refractivity contribution in [3.63, 3.8) is 0 Å². The predicted molar refractivity (Wildman–Crippen MR) is 122 cm³/mol. The van der Waals surface area contributed by atoms with Gasteiger partial charge in [-0.2, -0.15) is 0 Å². The van der Waals surface area contributed by atoms with Crippen LogP contribution in [0, 0.1) is 11.8 Å². The van der Waals surface area contributed by atoms with E-state index in [4.69, 9.17) is 18.9 Å². The zero-order valence-electron chi connectivity index (χ0n) is 20.2. The summed E-state index contributed by atoms with van der Waals surface area (Å²) >= 11 is 0. The van der Waals surface area contributed by atoms with Gasteiger partial charge >= 0.3 is 11.9 Å². The van der Waals surface area contributed by atoms with Gasteiger partial charge in [0, 0.05) is 13.2 Å². The van der Waals surface area contributed by atoms with Gasteiger partial charge in [0.15, 0.2) is 0 Å². The maximum Gasteiger partial charge on any atom is 0.309 e. The van der Waals surface area contributed by atoms with Crippen LogP contribution in [0.2, 0.25) is 0 Å². The maximum atomic E-state index is 12.8. The van der Waals surface area contributed by atoms with Gasteiger partial charge in [-0.05, 0) is 77.0 Å². The molecule has 6 nitrogen and oxygen atoms in total. The molecule has 0 saturated heterocycles. The van der Waals surface area contributed by atoms with Crippen LogP contribution in [0.15, 0.2) is 0 Å². The molecule has 0 radical (unpaired) electrons. The fourth-order valence-corrected chi connectivity index (χ4v) is 5.37. The highest BCUT2D eigenvalue weighted by molar-refractivity contribution is 5.75. The Bertz CT molecular complexity index is 521. The van der Waals surface area contributed by atoms with Crippen LogP contribution in [-0.2, 0) is 28.5 Å². The zero-order valence-corrected chi connectivity index (χ0v) is 20.2. The van der Waals surface area contributed by atoms with Gasteiger partial charge in [0.25, 0.3) is 0 Å². The first-order chi connectivity index (χ1) is 15.6. The first-order valence-corrected chi connectivity index (χ1v) is 13.3. The number of hydrogen-bond acceptors (Lipinski definition) is 6. The molecule has 0 N–H and O–H groups in total. The van der Waals surface area contributed by atoms with E-state index < -0.39 is 0 Å². The summed E-state index contributed by atoms with van der Waals surface area (Å²) in [6.07, 6.45) is 12.8. The van der Waals surface area contributed by atoms with Crippen LogP contribution in [0.3, 0.4) is 0 Å². The summed E-state index contributed by atoms with van der Waals surface area (Å²) in [6, 6.07) is 0. The fourth-order valence-electron chi connectivity index (χ4n) is 5.37. The number of hydrogen-bond donors (Lipinski definition) is 0. The molecule has 0 aromatic carbocycles. The Balaban J connectivity index is 1.42. The summed E-state index contributed by atoms with van der Waals surface area (Å²) < 4.78 is 23.7. The van der Waals surface area contributed by atoms with E-state index in [1.165, 1.54) is 0 Å². The Labute approximate surface area is 194 Å². The summed E-state index contributed by atoms with van der Waals surface area (Å²) in [4.78, 5) is 25.6. The lowest BCUT2D eigenvalue weighted by Crippen LogP contribution is -2.40. The second-order valence-electron chi connectivity index (χ2n) is 9.89. The van der Waals surface area contributed by atoms with Crippen LogP contribution >= 0.6 is 0 Å². The zero-order chi connectivity index (χ0) is 22.8. The molecule has 3 fully saturated rings. The van der Waals surface area contributed by atoms with Gasteiger partial charge in [0.2, 0.25) is 0 Å². The molecule has 0 amide bonds. The lowest BCUT2D eigenvalue weighted by atomic mass is 9.82. The topological polar surface area (TPSA) is 71.1 Å². The van der Waals surface area contributed by atoms with Gasteiger partial charge in [-0.15, -0.1) is 0 Å². The smallest absolute Gasteiger partial charge is 0.309 e. The molecule has 0 aliphatic heterocycles. The van der Waals surface area contributed by atoms with E-state index in [1.807, 2.05) is 0 Å². The van der Waals surface area contributed by atoms with Crippen molar-refractivity contribution in [2.24, 2.45) is 11.8 Å². The fraction of sp³-hybridized carbons (Fsp3) is 0.923. The molecule has 0 aromatic heterocycles.